The van der Waals surface area contributed by atoms with E-state index in [4.69, 9.17) is 4.98 Å². The summed E-state index contributed by atoms with van der Waals surface area (Å²) >= 11 is 0. The lowest BCUT2D eigenvalue weighted by atomic mass is 10.1. The molecular formula is C18H33N3. The van der Waals surface area contributed by atoms with E-state index in [0.717, 1.165) is 18.9 Å². The average Bonchev–Trinajstić information content (AvgIpc) is 2.41. The van der Waals surface area contributed by atoms with Crippen LogP contribution in [0.2, 0.25) is 0 Å². The van der Waals surface area contributed by atoms with Gasteiger partial charge < -0.3 is 10.2 Å². The van der Waals surface area contributed by atoms with Crippen molar-refractivity contribution in [1.29, 1.82) is 0 Å². The Morgan fingerprint density at radius 2 is 1.90 bits per heavy atom. The van der Waals surface area contributed by atoms with Gasteiger partial charge in [-0.25, -0.2) is 4.98 Å². The molecule has 120 valence electrons. The van der Waals surface area contributed by atoms with E-state index in [1.54, 1.807) is 0 Å². The summed E-state index contributed by atoms with van der Waals surface area (Å²) in [5.74, 6) is 1.55. The zero-order chi connectivity index (χ0) is 16.0. The summed E-state index contributed by atoms with van der Waals surface area (Å²) in [5, 5.41) is 3.57. The Morgan fingerprint density at radius 1 is 1.24 bits per heavy atom. The topological polar surface area (TPSA) is 28.2 Å². The lowest BCUT2D eigenvalue weighted by molar-refractivity contribution is 0.424. The molecule has 21 heavy (non-hydrogen) atoms. The van der Waals surface area contributed by atoms with Crippen molar-refractivity contribution >= 4 is 5.82 Å². The highest BCUT2D eigenvalue weighted by atomic mass is 15.2. The molecule has 0 saturated heterocycles. The predicted octanol–water partition coefficient (Wildman–Crippen LogP) is 4.33. The van der Waals surface area contributed by atoms with Gasteiger partial charge in [-0.05, 0) is 50.8 Å². The number of aromatic nitrogens is 1. The third-order valence-corrected chi connectivity index (χ3v) is 3.54. The Labute approximate surface area is 131 Å². The molecule has 3 nitrogen and oxygen atoms in total. The summed E-state index contributed by atoms with van der Waals surface area (Å²) in [7, 11) is 2.14. The Hall–Kier alpha value is -1.09. The molecule has 0 bridgehead atoms. The van der Waals surface area contributed by atoms with E-state index in [1.165, 1.54) is 24.1 Å². The fourth-order valence-corrected chi connectivity index (χ4v) is 2.06. The van der Waals surface area contributed by atoms with E-state index in [2.05, 4.69) is 70.9 Å². The van der Waals surface area contributed by atoms with E-state index in [0.29, 0.717) is 5.92 Å². The van der Waals surface area contributed by atoms with Crippen LogP contribution in [0.3, 0.4) is 0 Å². The molecule has 1 rings (SSSR count). The first-order valence-corrected chi connectivity index (χ1v) is 8.20. The Kier molecular flexibility index (Phi) is 6.66. The molecule has 0 amide bonds. The number of nitrogens with zero attached hydrogens (tertiary/aromatic N) is 2. The molecule has 0 fully saturated rings. The van der Waals surface area contributed by atoms with Gasteiger partial charge in [-0.15, -0.1) is 0 Å². The molecule has 0 aliphatic carbocycles. The largest absolute Gasteiger partial charge is 0.360 e. The van der Waals surface area contributed by atoms with Crippen LogP contribution in [0.5, 0.6) is 0 Å². The highest BCUT2D eigenvalue weighted by molar-refractivity contribution is 5.42. The van der Waals surface area contributed by atoms with Crippen molar-refractivity contribution < 1.29 is 0 Å². The van der Waals surface area contributed by atoms with E-state index >= 15 is 0 Å². The predicted molar refractivity (Wildman–Crippen MR) is 93.1 cm³/mol. The Morgan fingerprint density at radius 3 is 2.43 bits per heavy atom. The second-order valence-corrected chi connectivity index (χ2v) is 7.29. The minimum Gasteiger partial charge on any atom is -0.360 e. The Bertz CT molecular complexity index is 433. The zero-order valence-electron chi connectivity index (χ0n) is 15.0. The lowest BCUT2D eigenvalue weighted by Crippen LogP contribution is -2.35. The van der Waals surface area contributed by atoms with Crippen LogP contribution in [0.15, 0.2) is 12.1 Å². The zero-order valence-corrected chi connectivity index (χ0v) is 15.0. The van der Waals surface area contributed by atoms with Gasteiger partial charge in [0.15, 0.2) is 0 Å². The number of unbranched alkanes of at least 4 members (excludes halogenated alkanes) is 1. The van der Waals surface area contributed by atoms with Crippen LogP contribution in [0.1, 0.15) is 71.6 Å². The number of rotatable bonds is 7. The quantitative estimate of drug-likeness (QED) is 0.810. The van der Waals surface area contributed by atoms with Crippen molar-refractivity contribution in [1.82, 2.24) is 10.3 Å². The summed E-state index contributed by atoms with van der Waals surface area (Å²) in [5.41, 5.74) is 2.64. The number of nitrogens with one attached hydrogen (secondary N) is 1. The van der Waals surface area contributed by atoms with Gasteiger partial charge in [-0.2, -0.15) is 0 Å². The molecule has 1 heterocycles. The van der Waals surface area contributed by atoms with Gasteiger partial charge in [0.2, 0.25) is 0 Å². The van der Waals surface area contributed by atoms with Gasteiger partial charge in [-0.3, -0.25) is 0 Å². The van der Waals surface area contributed by atoms with Gasteiger partial charge in [-0.1, -0.05) is 27.2 Å². The van der Waals surface area contributed by atoms with Crippen LogP contribution >= 0.6 is 0 Å². The number of pyridine rings is 1. The van der Waals surface area contributed by atoms with Crippen LogP contribution in [0.25, 0.3) is 0 Å². The van der Waals surface area contributed by atoms with Gasteiger partial charge >= 0.3 is 0 Å². The molecule has 0 unspecified atom stereocenters. The summed E-state index contributed by atoms with van der Waals surface area (Å²) in [6, 6.07) is 4.46. The molecule has 3 heteroatoms. The highest BCUT2D eigenvalue weighted by Gasteiger charge is 2.12. The van der Waals surface area contributed by atoms with Gasteiger partial charge in [0.05, 0.1) is 0 Å². The van der Waals surface area contributed by atoms with Gasteiger partial charge in [0, 0.05) is 31.4 Å². The molecule has 0 spiro atoms. The van der Waals surface area contributed by atoms with Gasteiger partial charge in [0.1, 0.15) is 5.82 Å². The maximum Gasteiger partial charge on any atom is 0.128 e. The minimum absolute atomic E-state index is 0.134. The monoisotopic (exact) mass is 291 g/mol. The molecule has 0 atom stereocenters. The molecule has 1 aromatic heterocycles. The van der Waals surface area contributed by atoms with Crippen molar-refractivity contribution in [3.63, 3.8) is 0 Å². The van der Waals surface area contributed by atoms with Crippen molar-refractivity contribution in [2.75, 3.05) is 18.5 Å². The molecule has 0 radical (unpaired) electrons. The van der Waals surface area contributed by atoms with Crippen LogP contribution in [0, 0.1) is 0 Å². The SMILES string of the molecule is CCCCN(C)c1cc(CNC(C)(C)C)cc(C(C)C)n1. The first kappa shape index (κ1) is 18.0. The molecule has 0 saturated carbocycles. The normalized spacial score (nSPS) is 12.0. The number of hydrogen-bond donors (Lipinski definition) is 1. The van der Waals surface area contributed by atoms with E-state index < -0.39 is 0 Å². The fraction of sp³-hybridized carbons (Fsp3) is 0.722. The Balaban J connectivity index is 2.94. The van der Waals surface area contributed by atoms with Crippen LogP contribution < -0.4 is 10.2 Å². The fourth-order valence-electron chi connectivity index (χ4n) is 2.06. The third-order valence-electron chi connectivity index (χ3n) is 3.54. The molecule has 0 aliphatic heterocycles. The van der Waals surface area contributed by atoms with E-state index in [-0.39, 0.29) is 5.54 Å². The first-order valence-electron chi connectivity index (χ1n) is 8.20. The highest BCUT2D eigenvalue weighted by Crippen LogP contribution is 2.20. The van der Waals surface area contributed by atoms with Crippen molar-refractivity contribution in [2.45, 2.75) is 72.4 Å². The van der Waals surface area contributed by atoms with E-state index in [9.17, 15) is 0 Å². The second kappa shape index (κ2) is 7.79. The van der Waals surface area contributed by atoms with Gasteiger partial charge in [0.25, 0.3) is 0 Å². The van der Waals surface area contributed by atoms with Crippen molar-refractivity contribution in [3.05, 3.63) is 23.4 Å². The van der Waals surface area contributed by atoms with Crippen LogP contribution in [-0.4, -0.2) is 24.1 Å². The summed E-state index contributed by atoms with van der Waals surface area (Å²) in [6.45, 7) is 15.2. The molecule has 1 aromatic rings. The molecule has 1 N–H and O–H groups in total. The molecule has 0 aromatic carbocycles. The minimum atomic E-state index is 0.134. The number of anilines is 1. The number of hydrogen-bond acceptors (Lipinski definition) is 3. The van der Waals surface area contributed by atoms with Crippen LogP contribution in [-0.2, 0) is 6.54 Å². The van der Waals surface area contributed by atoms with Crippen molar-refractivity contribution in [3.8, 4) is 0 Å². The first-order chi connectivity index (χ1) is 9.73. The molecular weight excluding hydrogens is 258 g/mol. The van der Waals surface area contributed by atoms with E-state index in [1.807, 2.05) is 0 Å². The maximum absolute atomic E-state index is 4.83. The maximum atomic E-state index is 4.83. The summed E-state index contributed by atoms with van der Waals surface area (Å²) < 4.78 is 0. The summed E-state index contributed by atoms with van der Waals surface area (Å²) in [4.78, 5) is 7.10. The summed E-state index contributed by atoms with van der Waals surface area (Å²) in [6.07, 6.45) is 2.42. The standard InChI is InChI=1S/C18H33N3/c1-8-9-10-21(7)17-12-15(13-19-18(4,5)6)11-16(20-17)14(2)3/h11-12,14,19H,8-10,13H2,1-7H3. The smallest absolute Gasteiger partial charge is 0.128 e. The lowest BCUT2D eigenvalue weighted by Gasteiger charge is -2.23. The molecule has 0 aliphatic rings. The second-order valence-electron chi connectivity index (χ2n) is 7.29. The third kappa shape index (κ3) is 6.47. The van der Waals surface area contributed by atoms with Crippen molar-refractivity contribution in [2.24, 2.45) is 0 Å². The van der Waals surface area contributed by atoms with Crippen LogP contribution in [0.4, 0.5) is 5.82 Å². The average molecular weight is 291 g/mol.